The monoisotopic (exact) mass is 628 g/mol. The number of aromatic nitrogens is 6. The molecule has 4 heterocycles. The highest BCUT2D eigenvalue weighted by molar-refractivity contribution is 6.09. The molecule has 0 bridgehead atoms. The number of hydrogen-bond acceptors (Lipinski definition) is 3. The molecule has 10 aromatic rings. The van der Waals surface area contributed by atoms with E-state index in [1.165, 1.54) is 0 Å². The molecule has 230 valence electrons. The first kappa shape index (κ1) is 27.3. The molecule has 0 radical (unpaired) electrons. The van der Waals surface area contributed by atoms with Gasteiger partial charge < -0.3 is 0 Å². The lowest BCUT2D eigenvalue weighted by Crippen LogP contribution is -1.99. The molecule has 49 heavy (non-hydrogen) atoms. The van der Waals surface area contributed by atoms with Crippen LogP contribution in [0.25, 0.3) is 84.2 Å². The van der Waals surface area contributed by atoms with E-state index >= 15 is 0 Å². The van der Waals surface area contributed by atoms with Crippen LogP contribution in [0.15, 0.2) is 170 Å². The molecule has 0 atom stereocenters. The van der Waals surface area contributed by atoms with Gasteiger partial charge in [-0.2, -0.15) is 4.98 Å². The molecule has 0 unspecified atom stereocenters. The van der Waals surface area contributed by atoms with Crippen molar-refractivity contribution in [2.24, 2.45) is 0 Å². The maximum Gasteiger partial charge on any atom is 0.222 e. The van der Waals surface area contributed by atoms with Gasteiger partial charge in [-0.3, -0.25) is 13.5 Å². The number of nitrogens with zero attached hydrogens (tertiary/aromatic N) is 6. The Kier molecular flexibility index (Phi) is 6.08. The summed E-state index contributed by atoms with van der Waals surface area (Å²) in [5.41, 5.74) is 12.2. The molecular weight excluding hydrogens is 601 g/mol. The van der Waals surface area contributed by atoms with Gasteiger partial charge in [0.1, 0.15) is 5.52 Å². The second-order valence-electron chi connectivity index (χ2n) is 12.2. The minimum atomic E-state index is 0.671. The standard InChI is InChI=1S/C43H28N6/c1-4-15-29(16-5-1)35-28-36(30-17-6-2-7-18-30)45-41(44-35)31-19-14-22-33(27-31)48-38-25-12-13-26-39(38)49-40-34-23-10-11-24-37(34)47(42(40)46-43(48)49)32-20-8-3-9-21-32/h1-28H. The van der Waals surface area contributed by atoms with E-state index in [0.717, 1.165) is 78.3 Å². The quantitative estimate of drug-likeness (QED) is 0.191. The number of hydrogen-bond donors (Lipinski definition) is 0. The Morgan fingerprint density at radius 3 is 1.63 bits per heavy atom. The molecular formula is C43H28N6. The summed E-state index contributed by atoms with van der Waals surface area (Å²) in [6, 6.07) is 58.7. The molecule has 6 heteroatoms. The van der Waals surface area contributed by atoms with Crippen LogP contribution in [0.4, 0.5) is 0 Å². The zero-order valence-corrected chi connectivity index (χ0v) is 26.3. The van der Waals surface area contributed by atoms with E-state index < -0.39 is 0 Å². The van der Waals surface area contributed by atoms with Crippen LogP contribution in [-0.4, -0.2) is 28.5 Å². The minimum absolute atomic E-state index is 0.671. The zero-order chi connectivity index (χ0) is 32.3. The highest BCUT2D eigenvalue weighted by Gasteiger charge is 2.23. The number of benzene rings is 6. The minimum Gasteiger partial charge on any atom is -0.292 e. The summed E-state index contributed by atoms with van der Waals surface area (Å²) in [5.74, 6) is 1.52. The normalized spacial score (nSPS) is 11.7. The van der Waals surface area contributed by atoms with Crippen molar-refractivity contribution in [1.82, 2.24) is 28.5 Å². The summed E-state index contributed by atoms with van der Waals surface area (Å²) in [6.45, 7) is 0. The van der Waals surface area contributed by atoms with Crippen molar-refractivity contribution in [3.63, 3.8) is 0 Å². The first-order chi connectivity index (χ1) is 24.3. The SMILES string of the molecule is c1ccc(-c2cc(-c3ccccc3)nc(-c3cccc(-n4c5ccccc5n5c6c7ccccc7n(-c7ccccc7)c6nc45)c3)n2)cc1. The Balaban J connectivity index is 1.22. The Bertz CT molecular complexity index is 2750. The van der Waals surface area contributed by atoms with Gasteiger partial charge in [-0.25, -0.2) is 9.97 Å². The molecule has 4 aromatic heterocycles. The van der Waals surface area contributed by atoms with Gasteiger partial charge in [0.25, 0.3) is 0 Å². The van der Waals surface area contributed by atoms with E-state index in [2.05, 4.69) is 141 Å². The summed E-state index contributed by atoms with van der Waals surface area (Å²) in [5, 5.41) is 1.16. The fourth-order valence-corrected chi connectivity index (χ4v) is 7.07. The van der Waals surface area contributed by atoms with Crippen LogP contribution in [0.5, 0.6) is 0 Å². The third-order valence-corrected chi connectivity index (χ3v) is 9.26. The molecule has 0 N–H and O–H groups in total. The molecule has 0 amide bonds. The smallest absolute Gasteiger partial charge is 0.222 e. The average Bonchev–Trinajstić information content (AvgIpc) is 3.81. The Morgan fingerprint density at radius 2 is 0.939 bits per heavy atom. The fraction of sp³-hybridized carbons (Fsp3) is 0. The van der Waals surface area contributed by atoms with Crippen molar-refractivity contribution in [2.75, 3.05) is 0 Å². The van der Waals surface area contributed by atoms with Crippen LogP contribution < -0.4 is 0 Å². The predicted octanol–water partition coefficient (Wildman–Crippen LogP) is 10.2. The van der Waals surface area contributed by atoms with Crippen LogP contribution in [-0.2, 0) is 0 Å². The second-order valence-corrected chi connectivity index (χ2v) is 12.2. The zero-order valence-electron chi connectivity index (χ0n) is 26.3. The molecule has 0 fully saturated rings. The van der Waals surface area contributed by atoms with E-state index in [1.807, 2.05) is 42.5 Å². The van der Waals surface area contributed by atoms with Crippen LogP contribution in [0.3, 0.4) is 0 Å². The highest BCUT2D eigenvalue weighted by atomic mass is 15.2. The molecule has 0 spiro atoms. The lowest BCUT2D eigenvalue weighted by molar-refractivity contribution is 1.09. The molecule has 6 nitrogen and oxygen atoms in total. The molecule has 10 rings (SSSR count). The maximum absolute atomic E-state index is 5.41. The second kappa shape index (κ2) is 10.9. The Labute approximate surface area is 281 Å². The van der Waals surface area contributed by atoms with Crippen molar-refractivity contribution in [1.29, 1.82) is 0 Å². The summed E-state index contributed by atoms with van der Waals surface area (Å²) in [4.78, 5) is 15.6. The van der Waals surface area contributed by atoms with Crippen LogP contribution in [0, 0.1) is 0 Å². The van der Waals surface area contributed by atoms with E-state index in [-0.39, 0.29) is 0 Å². The highest BCUT2D eigenvalue weighted by Crippen LogP contribution is 2.37. The Morgan fingerprint density at radius 1 is 0.388 bits per heavy atom. The van der Waals surface area contributed by atoms with Gasteiger partial charge in [-0.05, 0) is 48.5 Å². The van der Waals surface area contributed by atoms with Gasteiger partial charge >= 0.3 is 0 Å². The lowest BCUT2D eigenvalue weighted by Gasteiger charge is -2.11. The van der Waals surface area contributed by atoms with Crippen molar-refractivity contribution in [3.05, 3.63) is 170 Å². The van der Waals surface area contributed by atoms with Crippen molar-refractivity contribution < 1.29 is 0 Å². The maximum atomic E-state index is 5.41. The molecule has 0 aliphatic heterocycles. The van der Waals surface area contributed by atoms with Crippen molar-refractivity contribution in [3.8, 4) is 45.3 Å². The molecule has 0 aliphatic carbocycles. The van der Waals surface area contributed by atoms with Crippen molar-refractivity contribution in [2.45, 2.75) is 0 Å². The predicted molar refractivity (Wildman–Crippen MR) is 198 cm³/mol. The first-order valence-electron chi connectivity index (χ1n) is 16.4. The van der Waals surface area contributed by atoms with Gasteiger partial charge in [0.2, 0.25) is 5.78 Å². The molecule has 0 saturated heterocycles. The van der Waals surface area contributed by atoms with Gasteiger partial charge in [0.15, 0.2) is 11.5 Å². The number of rotatable bonds is 5. The van der Waals surface area contributed by atoms with Gasteiger partial charge in [0.05, 0.1) is 27.9 Å². The molecule has 0 aliphatic rings. The third kappa shape index (κ3) is 4.31. The number of para-hydroxylation sites is 4. The van der Waals surface area contributed by atoms with E-state index in [0.29, 0.717) is 5.82 Å². The van der Waals surface area contributed by atoms with Crippen LogP contribution >= 0.6 is 0 Å². The third-order valence-electron chi connectivity index (χ3n) is 9.26. The van der Waals surface area contributed by atoms with E-state index in [9.17, 15) is 0 Å². The first-order valence-corrected chi connectivity index (χ1v) is 16.4. The molecule has 0 saturated carbocycles. The van der Waals surface area contributed by atoms with E-state index in [4.69, 9.17) is 15.0 Å². The fourth-order valence-electron chi connectivity index (χ4n) is 7.07. The number of imidazole rings is 2. The average molecular weight is 629 g/mol. The molecule has 6 aromatic carbocycles. The summed E-state index contributed by atoms with van der Waals surface area (Å²) < 4.78 is 6.82. The topological polar surface area (TPSA) is 52.9 Å². The number of fused-ring (bicyclic) bond motifs is 7. The lowest BCUT2D eigenvalue weighted by atomic mass is 10.1. The van der Waals surface area contributed by atoms with Crippen LogP contribution in [0.2, 0.25) is 0 Å². The van der Waals surface area contributed by atoms with Gasteiger partial charge in [-0.15, -0.1) is 0 Å². The Hall–Kier alpha value is -6.79. The van der Waals surface area contributed by atoms with Crippen LogP contribution in [0.1, 0.15) is 0 Å². The largest absolute Gasteiger partial charge is 0.292 e. The van der Waals surface area contributed by atoms with Gasteiger partial charge in [0, 0.05) is 33.5 Å². The summed E-state index contributed by atoms with van der Waals surface area (Å²) in [7, 11) is 0. The van der Waals surface area contributed by atoms with Crippen molar-refractivity contribution >= 4 is 38.9 Å². The van der Waals surface area contributed by atoms with Gasteiger partial charge in [-0.1, -0.05) is 121 Å². The van der Waals surface area contributed by atoms with E-state index in [1.54, 1.807) is 0 Å². The summed E-state index contributed by atoms with van der Waals surface area (Å²) in [6.07, 6.45) is 0. The summed E-state index contributed by atoms with van der Waals surface area (Å²) >= 11 is 0.